The zero-order valence-electron chi connectivity index (χ0n) is 11.5. The number of carbonyl (C=O) groups excluding carboxylic acids is 2. The van der Waals surface area contributed by atoms with Crippen molar-refractivity contribution in [2.75, 3.05) is 18.6 Å². The molecule has 0 spiro atoms. The van der Waals surface area contributed by atoms with Crippen LogP contribution in [0, 0.1) is 5.82 Å². The van der Waals surface area contributed by atoms with Crippen molar-refractivity contribution < 1.29 is 18.7 Å². The van der Waals surface area contributed by atoms with E-state index in [9.17, 15) is 14.0 Å². The Morgan fingerprint density at radius 3 is 2.80 bits per heavy atom. The normalized spacial score (nSPS) is 19.6. The molecule has 0 bridgehead atoms. The van der Waals surface area contributed by atoms with Crippen molar-refractivity contribution in [3.63, 3.8) is 0 Å². The van der Waals surface area contributed by atoms with E-state index in [1.165, 1.54) is 24.1 Å². The fourth-order valence-corrected chi connectivity index (χ4v) is 2.20. The summed E-state index contributed by atoms with van der Waals surface area (Å²) in [5.74, 6) is -0.795. The van der Waals surface area contributed by atoms with Gasteiger partial charge in [0.05, 0.1) is 7.11 Å². The van der Waals surface area contributed by atoms with Gasteiger partial charge in [0, 0.05) is 24.7 Å². The predicted molar refractivity (Wildman–Crippen MR) is 72.1 cm³/mol. The standard InChI is InChI=1S/C14H17FN2O3/c1-3-11-14(19)17(7-6-13(18)16-11)9-4-5-12(20-2)10(15)8-9/h4-5,8,11H,3,6-7H2,1-2H3,(H,16,18). The monoisotopic (exact) mass is 280 g/mol. The topological polar surface area (TPSA) is 58.6 Å². The van der Waals surface area contributed by atoms with Crippen LogP contribution in [0.3, 0.4) is 0 Å². The summed E-state index contributed by atoms with van der Waals surface area (Å²) in [5.41, 5.74) is 0.434. The SMILES string of the molecule is CCC1NC(=O)CCN(c2ccc(OC)c(F)c2)C1=O. The molecule has 20 heavy (non-hydrogen) atoms. The molecule has 1 saturated heterocycles. The van der Waals surface area contributed by atoms with Gasteiger partial charge in [0.15, 0.2) is 11.6 Å². The van der Waals surface area contributed by atoms with Crippen molar-refractivity contribution >= 4 is 17.5 Å². The Balaban J connectivity index is 2.32. The first-order chi connectivity index (χ1) is 9.56. The van der Waals surface area contributed by atoms with Gasteiger partial charge in [-0.15, -0.1) is 0 Å². The summed E-state index contributed by atoms with van der Waals surface area (Å²) in [7, 11) is 1.38. The Bertz CT molecular complexity index is 533. The minimum absolute atomic E-state index is 0.122. The quantitative estimate of drug-likeness (QED) is 0.912. The van der Waals surface area contributed by atoms with Crippen LogP contribution in [-0.2, 0) is 9.59 Å². The second-order valence-electron chi connectivity index (χ2n) is 4.59. The van der Waals surface area contributed by atoms with Gasteiger partial charge in [0.25, 0.3) is 0 Å². The van der Waals surface area contributed by atoms with Gasteiger partial charge in [-0.05, 0) is 18.6 Å². The van der Waals surface area contributed by atoms with E-state index in [2.05, 4.69) is 5.32 Å². The average molecular weight is 280 g/mol. The molecule has 1 aromatic rings. The Hall–Kier alpha value is -2.11. The fraction of sp³-hybridized carbons (Fsp3) is 0.429. The fourth-order valence-electron chi connectivity index (χ4n) is 2.20. The summed E-state index contributed by atoms with van der Waals surface area (Å²) in [6.45, 7) is 2.06. The molecule has 1 fully saturated rings. The summed E-state index contributed by atoms with van der Waals surface area (Å²) in [6, 6.07) is 3.77. The molecule has 0 radical (unpaired) electrons. The second kappa shape index (κ2) is 5.90. The van der Waals surface area contributed by atoms with E-state index in [1.54, 1.807) is 6.07 Å². The molecule has 6 heteroatoms. The van der Waals surface area contributed by atoms with E-state index in [0.717, 1.165) is 0 Å². The minimum Gasteiger partial charge on any atom is -0.494 e. The van der Waals surface area contributed by atoms with Crippen LogP contribution in [0.4, 0.5) is 10.1 Å². The highest BCUT2D eigenvalue weighted by Gasteiger charge is 2.29. The summed E-state index contributed by atoms with van der Waals surface area (Å²) >= 11 is 0. The largest absolute Gasteiger partial charge is 0.494 e. The maximum atomic E-state index is 13.7. The van der Waals surface area contributed by atoms with Crippen LogP contribution in [-0.4, -0.2) is 31.5 Å². The molecule has 1 unspecified atom stereocenters. The molecule has 2 rings (SSSR count). The third-order valence-electron chi connectivity index (χ3n) is 3.32. The first kappa shape index (κ1) is 14.3. The van der Waals surface area contributed by atoms with Crippen molar-refractivity contribution in [2.24, 2.45) is 0 Å². The smallest absolute Gasteiger partial charge is 0.249 e. The first-order valence-electron chi connectivity index (χ1n) is 6.51. The van der Waals surface area contributed by atoms with Crippen LogP contribution in [0.5, 0.6) is 5.75 Å². The zero-order valence-corrected chi connectivity index (χ0v) is 11.5. The van der Waals surface area contributed by atoms with Crippen molar-refractivity contribution in [3.8, 4) is 5.75 Å². The van der Waals surface area contributed by atoms with Crippen molar-refractivity contribution in [3.05, 3.63) is 24.0 Å². The molecule has 0 saturated carbocycles. The minimum atomic E-state index is -0.560. The van der Waals surface area contributed by atoms with E-state index in [0.29, 0.717) is 12.1 Å². The van der Waals surface area contributed by atoms with Gasteiger partial charge in [-0.3, -0.25) is 9.59 Å². The highest BCUT2D eigenvalue weighted by Crippen LogP contribution is 2.25. The lowest BCUT2D eigenvalue weighted by Gasteiger charge is -2.23. The number of halogens is 1. The number of carbonyl (C=O) groups is 2. The number of nitrogens with zero attached hydrogens (tertiary/aromatic N) is 1. The van der Waals surface area contributed by atoms with Crippen LogP contribution in [0.2, 0.25) is 0 Å². The molecular formula is C14H17FN2O3. The van der Waals surface area contributed by atoms with Crippen LogP contribution < -0.4 is 15.0 Å². The number of methoxy groups -OCH3 is 1. The lowest BCUT2D eigenvalue weighted by atomic mass is 10.2. The Kier molecular flexibility index (Phi) is 4.22. The van der Waals surface area contributed by atoms with Gasteiger partial charge in [-0.25, -0.2) is 4.39 Å². The van der Waals surface area contributed by atoms with E-state index in [4.69, 9.17) is 4.74 Å². The highest BCUT2D eigenvalue weighted by molar-refractivity contribution is 6.01. The van der Waals surface area contributed by atoms with Crippen LogP contribution in [0.25, 0.3) is 0 Å². The van der Waals surface area contributed by atoms with Gasteiger partial charge >= 0.3 is 0 Å². The molecule has 5 nitrogen and oxygen atoms in total. The number of amides is 2. The molecule has 0 aromatic heterocycles. The second-order valence-corrected chi connectivity index (χ2v) is 4.59. The van der Waals surface area contributed by atoms with Gasteiger partial charge in [0.2, 0.25) is 11.8 Å². The molecule has 108 valence electrons. The third kappa shape index (κ3) is 2.74. The molecule has 1 heterocycles. The molecule has 2 amide bonds. The average Bonchev–Trinajstić information content (AvgIpc) is 2.58. The maximum absolute atomic E-state index is 13.7. The predicted octanol–water partition coefficient (Wildman–Crippen LogP) is 1.47. The maximum Gasteiger partial charge on any atom is 0.249 e. The van der Waals surface area contributed by atoms with E-state index in [1.807, 2.05) is 6.92 Å². The molecule has 0 aliphatic carbocycles. The number of hydrogen-bond donors (Lipinski definition) is 1. The van der Waals surface area contributed by atoms with E-state index in [-0.39, 0.29) is 30.5 Å². The Morgan fingerprint density at radius 1 is 1.45 bits per heavy atom. The number of ether oxygens (including phenoxy) is 1. The first-order valence-corrected chi connectivity index (χ1v) is 6.51. The Morgan fingerprint density at radius 2 is 2.20 bits per heavy atom. The summed E-state index contributed by atoms with van der Waals surface area (Å²) < 4.78 is 18.6. The molecule has 1 aliphatic heterocycles. The molecular weight excluding hydrogens is 263 g/mol. The summed E-state index contributed by atoms with van der Waals surface area (Å²) in [4.78, 5) is 25.3. The number of rotatable bonds is 3. The van der Waals surface area contributed by atoms with E-state index < -0.39 is 11.9 Å². The van der Waals surface area contributed by atoms with Gasteiger partial charge in [-0.1, -0.05) is 6.92 Å². The van der Waals surface area contributed by atoms with Crippen LogP contribution in [0.1, 0.15) is 19.8 Å². The van der Waals surface area contributed by atoms with Gasteiger partial charge < -0.3 is 15.0 Å². The number of nitrogens with one attached hydrogen (secondary N) is 1. The Labute approximate surface area is 116 Å². The molecule has 1 aromatic carbocycles. The van der Waals surface area contributed by atoms with Gasteiger partial charge in [0.1, 0.15) is 6.04 Å². The number of anilines is 1. The highest BCUT2D eigenvalue weighted by atomic mass is 19.1. The van der Waals surface area contributed by atoms with Crippen molar-refractivity contribution in [2.45, 2.75) is 25.8 Å². The number of benzene rings is 1. The molecule has 1 aliphatic rings. The van der Waals surface area contributed by atoms with Crippen LogP contribution >= 0.6 is 0 Å². The molecule has 1 atom stereocenters. The summed E-state index contributed by atoms with van der Waals surface area (Å²) in [6.07, 6.45) is 0.704. The van der Waals surface area contributed by atoms with E-state index >= 15 is 0 Å². The third-order valence-corrected chi connectivity index (χ3v) is 3.32. The van der Waals surface area contributed by atoms with Crippen LogP contribution in [0.15, 0.2) is 18.2 Å². The molecule has 1 N–H and O–H groups in total. The lowest BCUT2D eigenvalue weighted by molar-refractivity contribution is -0.125. The number of hydrogen-bond acceptors (Lipinski definition) is 3. The lowest BCUT2D eigenvalue weighted by Crippen LogP contribution is -2.44. The van der Waals surface area contributed by atoms with Crippen molar-refractivity contribution in [1.29, 1.82) is 0 Å². The van der Waals surface area contributed by atoms with Crippen molar-refractivity contribution in [1.82, 2.24) is 5.32 Å². The van der Waals surface area contributed by atoms with Gasteiger partial charge in [-0.2, -0.15) is 0 Å². The zero-order chi connectivity index (χ0) is 14.7. The summed E-state index contributed by atoms with van der Waals surface area (Å²) in [5, 5.41) is 2.67.